The molecule has 0 aliphatic carbocycles. The Labute approximate surface area is 48.0 Å². The normalized spacial score (nSPS) is 19.0. The SMILES string of the molecule is CC1=CC(=S)CO1. The second-order valence-electron chi connectivity index (χ2n) is 1.51. The second-order valence-corrected chi connectivity index (χ2v) is 2.03. The predicted octanol–water partition coefficient (Wildman–Crippen LogP) is 1.29. The Bertz CT molecular complexity index is 126. The van der Waals surface area contributed by atoms with E-state index in [1.165, 1.54) is 0 Å². The van der Waals surface area contributed by atoms with Gasteiger partial charge >= 0.3 is 0 Å². The molecule has 0 atom stereocenters. The summed E-state index contributed by atoms with van der Waals surface area (Å²) in [6.45, 7) is 2.51. The summed E-state index contributed by atoms with van der Waals surface area (Å²) in [6.07, 6.45) is 1.87. The van der Waals surface area contributed by atoms with E-state index in [0.29, 0.717) is 6.61 Å². The molecule has 0 spiro atoms. The van der Waals surface area contributed by atoms with Crippen molar-refractivity contribution >= 4 is 17.1 Å². The molecular weight excluding hydrogens is 108 g/mol. The van der Waals surface area contributed by atoms with Gasteiger partial charge in [-0.05, 0) is 13.0 Å². The zero-order valence-electron chi connectivity index (χ0n) is 4.10. The Kier molecular flexibility index (Phi) is 1.11. The molecule has 0 aromatic heterocycles. The Balaban J connectivity index is 2.67. The first-order valence-electron chi connectivity index (χ1n) is 2.13. The van der Waals surface area contributed by atoms with Crippen molar-refractivity contribution in [2.45, 2.75) is 6.92 Å². The zero-order valence-corrected chi connectivity index (χ0v) is 4.92. The molecule has 0 bridgehead atoms. The summed E-state index contributed by atoms with van der Waals surface area (Å²) in [4.78, 5) is 0.900. The highest BCUT2D eigenvalue weighted by atomic mass is 32.1. The average molecular weight is 114 g/mol. The average Bonchev–Trinajstić information content (AvgIpc) is 1.87. The molecule has 0 amide bonds. The first kappa shape index (κ1) is 4.78. The van der Waals surface area contributed by atoms with Gasteiger partial charge < -0.3 is 4.74 Å². The maximum atomic E-state index is 4.98. The molecule has 7 heavy (non-hydrogen) atoms. The van der Waals surface area contributed by atoms with Gasteiger partial charge in [0.25, 0.3) is 0 Å². The van der Waals surface area contributed by atoms with E-state index in [-0.39, 0.29) is 0 Å². The minimum Gasteiger partial charge on any atom is -0.493 e. The number of hydrogen-bond acceptors (Lipinski definition) is 2. The molecule has 1 heterocycles. The maximum Gasteiger partial charge on any atom is 0.123 e. The Morgan fingerprint density at radius 2 is 2.57 bits per heavy atom. The minimum atomic E-state index is 0.612. The highest BCUT2D eigenvalue weighted by Gasteiger charge is 2.02. The third-order valence-electron chi connectivity index (χ3n) is 0.806. The van der Waals surface area contributed by atoms with Crippen molar-refractivity contribution in [1.82, 2.24) is 0 Å². The summed E-state index contributed by atoms with van der Waals surface area (Å²) in [6, 6.07) is 0. The van der Waals surface area contributed by atoms with Crippen LogP contribution in [0.2, 0.25) is 0 Å². The summed E-state index contributed by atoms with van der Waals surface area (Å²) in [5.41, 5.74) is 0. The molecule has 0 fully saturated rings. The maximum absolute atomic E-state index is 4.98. The van der Waals surface area contributed by atoms with Gasteiger partial charge in [-0.3, -0.25) is 0 Å². The quantitative estimate of drug-likeness (QED) is 0.439. The Morgan fingerprint density at radius 1 is 1.86 bits per heavy atom. The molecule has 1 nitrogen and oxygen atoms in total. The molecule has 1 rings (SSSR count). The van der Waals surface area contributed by atoms with Crippen LogP contribution in [0.25, 0.3) is 0 Å². The molecular formula is C5H6OS. The van der Waals surface area contributed by atoms with Crippen LogP contribution in [0.5, 0.6) is 0 Å². The molecule has 0 aromatic carbocycles. The van der Waals surface area contributed by atoms with E-state index in [2.05, 4.69) is 0 Å². The molecule has 0 unspecified atom stereocenters. The van der Waals surface area contributed by atoms with Crippen molar-refractivity contribution in [3.05, 3.63) is 11.8 Å². The van der Waals surface area contributed by atoms with Gasteiger partial charge in [-0.1, -0.05) is 12.2 Å². The van der Waals surface area contributed by atoms with Crippen LogP contribution in [-0.2, 0) is 4.74 Å². The zero-order chi connectivity index (χ0) is 5.28. The lowest BCUT2D eigenvalue weighted by Gasteiger charge is -1.89. The summed E-state index contributed by atoms with van der Waals surface area (Å²) in [5, 5.41) is 0. The van der Waals surface area contributed by atoms with Crippen molar-refractivity contribution in [2.75, 3.05) is 6.61 Å². The molecule has 0 radical (unpaired) electrons. The van der Waals surface area contributed by atoms with Crippen LogP contribution in [0.4, 0.5) is 0 Å². The smallest absolute Gasteiger partial charge is 0.123 e. The van der Waals surface area contributed by atoms with E-state index in [9.17, 15) is 0 Å². The van der Waals surface area contributed by atoms with Crippen LogP contribution >= 0.6 is 12.2 Å². The standard InChI is InChI=1S/C5H6OS/c1-4-2-5(7)3-6-4/h2H,3H2,1H3. The van der Waals surface area contributed by atoms with E-state index < -0.39 is 0 Å². The number of thiocarbonyl (C=S) groups is 1. The van der Waals surface area contributed by atoms with Gasteiger partial charge in [-0.2, -0.15) is 0 Å². The van der Waals surface area contributed by atoms with Crippen LogP contribution in [0, 0.1) is 0 Å². The van der Waals surface area contributed by atoms with Crippen molar-refractivity contribution in [1.29, 1.82) is 0 Å². The van der Waals surface area contributed by atoms with Crippen LogP contribution in [0.1, 0.15) is 6.92 Å². The third-order valence-corrected chi connectivity index (χ3v) is 1.04. The summed E-state index contributed by atoms with van der Waals surface area (Å²) >= 11 is 4.79. The largest absolute Gasteiger partial charge is 0.493 e. The van der Waals surface area contributed by atoms with Crippen LogP contribution < -0.4 is 0 Å². The fourth-order valence-corrected chi connectivity index (χ4v) is 0.720. The number of allylic oxidation sites excluding steroid dienone is 1. The molecule has 1 aliphatic rings. The Morgan fingerprint density at radius 3 is 2.71 bits per heavy atom. The second kappa shape index (κ2) is 1.62. The van der Waals surface area contributed by atoms with Gasteiger partial charge in [0.05, 0.1) is 10.6 Å². The summed E-state index contributed by atoms with van der Waals surface area (Å²) in [5.74, 6) is 0.935. The van der Waals surface area contributed by atoms with E-state index >= 15 is 0 Å². The molecule has 38 valence electrons. The topological polar surface area (TPSA) is 9.23 Å². The van der Waals surface area contributed by atoms with Crippen LogP contribution in [-0.4, -0.2) is 11.5 Å². The van der Waals surface area contributed by atoms with E-state index in [1.54, 1.807) is 0 Å². The van der Waals surface area contributed by atoms with Crippen LogP contribution in [0.3, 0.4) is 0 Å². The van der Waals surface area contributed by atoms with Crippen molar-refractivity contribution < 1.29 is 4.74 Å². The van der Waals surface area contributed by atoms with Gasteiger partial charge in [0.1, 0.15) is 6.61 Å². The van der Waals surface area contributed by atoms with E-state index in [0.717, 1.165) is 10.6 Å². The Hall–Kier alpha value is -0.370. The molecule has 2 heteroatoms. The van der Waals surface area contributed by atoms with Gasteiger partial charge in [-0.25, -0.2) is 0 Å². The minimum absolute atomic E-state index is 0.612. The molecule has 0 aromatic rings. The first-order valence-corrected chi connectivity index (χ1v) is 2.54. The molecule has 0 saturated heterocycles. The number of ether oxygens (including phenoxy) is 1. The highest BCUT2D eigenvalue weighted by Crippen LogP contribution is 2.04. The fourth-order valence-electron chi connectivity index (χ4n) is 0.495. The van der Waals surface area contributed by atoms with E-state index in [1.807, 2.05) is 13.0 Å². The van der Waals surface area contributed by atoms with Crippen LogP contribution in [0.15, 0.2) is 11.8 Å². The lowest BCUT2D eigenvalue weighted by molar-refractivity contribution is 0.276. The monoisotopic (exact) mass is 114 g/mol. The molecule has 1 aliphatic heterocycles. The van der Waals surface area contributed by atoms with Crippen molar-refractivity contribution in [3.63, 3.8) is 0 Å². The third kappa shape index (κ3) is 0.996. The first-order chi connectivity index (χ1) is 3.29. The van der Waals surface area contributed by atoms with E-state index in [4.69, 9.17) is 17.0 Å². The lowest BCUT2D eigenvalue weighted by Crippen LogP contribution is -1.89. The lowest BCUT2D eigenvalue weighted by atomic mass is 10.4. The predicted molar refractivity (Wildman–Crippen MR) is 32.3 cm³/mol. The van der Waals surface area contributed by atoms with Gasteiger partial charge in [0.15, 0.2) is 0 Å². The number of hydrogen-bond donors (Lipinski definition) is 0. The molecule has 0 saturated carbocycles. The van der Waals surface area contributed by atoms with Gasteiger partial charge in [0, 0.05) is 0 Å². The van der Waals surface area contributed by atoms with Gasteiger partial charge in [0.2, 0.25) is 0 Å². The highest BCUT2D eigenvalue weighted by molar-refractivity contribution is 7.80. The summed E-state index contributed by atoms with van der Waals surface area (Å²) < 4.78 is 4.98. The number of rotatable bonds is 0. The summed E-state index contributed by atoms with van der Waals surface area (Å²) in [7, 11) is 0. The van der Waals surface area contributed by atoms with Crippen molar-refractivity contribution in [3.8, 4) is 0 Å². The molecule has 0 N–H and O–H groups in total. The van der Waals surface area contributed by atoms with Crippen molar-refractivity contribution in [2.24, 2.45) is 0 Å². The van der Waals surface area contributed by atoms with Gasteiger partial charge in [-0.15, -0.1) is 0 Å². The fraction of sp³-hybridized carbons (Fsp3) is 0.400.